The Bertz CT molecular complexity index is 419. The molecule has 1 rings (SSSR count). The van der Waals surface area contributed by atoms with Gasteiger partial charge in [-0.1, -0.05) is 31.5 Å². The summed E-state index contributed by atoms with van der Waals surface area (Å²) in [6.07, 6.45) is 0.00343. The Balaban J connectivity index is 3.26. The van der Waals surface area contributed by atoms with Gasteiger partial charge in [-0.05, 0) is 19.4 Å². The minimum atomic E-state index is -0.858. The van der Waals surface area contributed by atoms with Gasteiger partial charge in [0, 0.05) is 11.0 Å². The highest BCUT2D eigenvalue weighted by Crippen LogP contribution is 2.36. The van der Waals surface area contributed by atoms with Gasteiger partial charge in [-0.3, -0.25) is 4.79 Å². The van der Waals surface area contributed by atoms with Crippen LogP contribution in [0.4, 0.5) is 0 Å². The van der Waals surface area contributed by atoms with Crippen LogP contribution in [0.2, 0.25) is 0 Å². The van der Waals surface area contributed by atoms with Gasteiger partial charge in [0.05, 0.1) is 6.42 Å². The number of hydrogen-bond donors (Lipinski definition) is 2. The summed E-state index contributed by atoms with van der Waals surface area (Å²) in [7, 11) is 0. The van der Waals surface area contributed by atoms with Crippen LogP contribution in [0.5, 0.6) is 5.75 Å². The number of benzene rings is 1. The molecule has 0 unspecified atom stereocenters. The number of carbonyl (C=O) groups is 1. The number of carboxylic acid groups (broad SMARTS) is 1. The van der Waals surface area contributed by atoms with Crippen molar-refractivity contribution in [2.45, 2.75) is 39.5 Å². The zero-order valence-electron chi connectivity index (χ0n) is 10.2. The van der Waals surface area contributed by atoms with E-state index in [1.165, 1.54) is 0 Å². The third-order valence-corrected chi connectivity index (χ3v) is 2.77. The fraction of sp³-hybridized carbons (Fsp3) is 0.462. The molecule has 0 aromatic heterocycles. The molecule has 88 valence electrons. The predicted molar refractivity (Wildman–Crippen MR) is 62.9 cm³/mol. The molecule has 3 heteroatoms. The summed E-state index contributed by atoms with van der Waals surface area (Å²) in [5, 5.41) is 18.8. The van der Waals surface area contributed by atoms with E-state index in [4.69, 9.17) is 5.11 Å². The fourth-order valence-corrected chi connectivity index (χ4v) is 1.95. The third kappa shape index (κ3) is 2.54. The minimum Gasteiger partial charge on any atom is -0.507 e. The molecule has 1 aromatic rings. The number of rotatable bonds is 3. The van der Waals surface area contributed by atoms with Crippen LogP contribution in [0.15, 0.2) is 12.1 Å². The van der Waals surface area contributed by atoms with Gasteiger partial charge < -0.3 is 10.2 Å². The van der Waals surface area contributed by atoms with Crippen molar-refractivity contribution < 1.29 is 15.0 Å². The van der Waals surface area contributed by atoms with Gasteiger partial charge in [0.2, 0.25) is 0 Å². The number of aliphatic carboxylic acids is 1. The number of aromatic hydroxyl groups is 1. The first-order valence-electron chi connectivity index (χ1n) is 5.26. The third-order valence-electron chi connectivity index (χ3n) is 2.77. The van der Waals surface area contributed by atoms with Crippen LogP contribution < -0.4 is 0 Å². The van der Waals surface area contributed by atoms with Crippen molar-refractivity contribution in [2.24, 2.45) is 0 Å². The monoisotopic (exact) mass is 222 g/mol. The van der Waals surface area contributed by atoms with Crippen molar-refractivity contribution in [1.82, 2.24) is 0 Å². The molecular weight excluding hydrogens is 204 g/mol. The van der Waals surface area contributed by atoms with E-state index in [1.807, 2.05) is 39.8 Å². The zero-order chi connectivity index (χ0) is 12.5. The number of hydrogen-bond acceptors (Lipinski definition) is 2. The van der Waals surface area contributed by atoms with Gasteiger partial charge in [0.25, 0.3) is 0 Å². The lowest BCUT2D eigenvalue weighted by Gasteiger charge is -2.25. The summed E-state index contributed by atoms with van der Waals surface area (Å²) in [6, 6.07) is 3.74. The van der Waals surface area contributed by atoms with E-state index in [2.05, 4.69) is 0 Å². The topological polar surface area (TPSA) is 57.5 Å². The van der Waals surface area contributed by atoms with Gasteiger partial charge in [-0.25, -0.2) is 0 Å². The maximum Gasteiger partial charge on any atom is 0.304 e. The Morgan fingerprint density at radius 2 is 1.88 bits per heavy atom. The van der Waals surface area contributed by atoms with Crippen molar-refractivity contribution >= 4 is 5.97 Å². The molecule has 0 spiro atoms. The Morgan fingerprint density at radius 3 is 2.38 bits per heavy atom. The molecular formula is C13H18O3. The van der Waals surface area contributed by atoms with Gasteiger partial charge >= 0.3 is 5.97 Å². The molecule has 0 aliphatic rings. The van der Waals surface area contributed by atoms with Gasteiger partial charge in [0.15, 0.2) is 0 Å². The minimum absolute atomic E-state index is 0.00343. The molecule has 1 aromatic carbocycles. The Hall–Kier alpha value is -1.51. The van der Waals surface area contributed by atoms with Crippen molar-refractivity contribution in [3.05, 3.63) is 28.8 Å². The summed E-state index contributed by atoms with van der Waals surface area (Å²) in [4.78, 5) is 10.8. The highest BCUT2D eigenvalue weighted by Gasteiger charge is 2.27. The molecule has 0 heterocycles. The maximum absolute atomic E-state index is 10.8. The van der Waals surface area contributed by atoms with Crippen LogP contribution in [0.25, 0.3) is 0 Å². The van der Waals surface area contributed by atoms with Crippen LogP contribution in [-0.4, -0.2) is 16.2 Å². The number of aryl methyl sites for hydroxylation is 2. The second kappa shape index (κ2) is 4.16. The van der Waals surface area contributed by atoms with E-state index >= 15 is 0 Å². The first-order chi connectivity index (χ1) is 7.24. The Labute approximate surface area is 95.7 Å². The number of phenols is 1. The molecule has 0 bridgehead atoms. The Morgan fingerprint density at radius 1 is 1.31 bits per heavy atom. The van der Waals surface area contributed by atoms with Crippen LogP contribution >= 0.6 is 0 Å². The van der Waals surface area contributed by atoms with E-state index in [-0.39, 0.29) is 12.2 Å². The van der Waals surface area contributed by atoms with Gasteiger partial charge in [0.1, 0.15) is 5.75 Å². The molecule has 0 radical (unpaired) electrons. The second-order valence-electron chi connectivity index (χ2n) is 4.93. The van der Waals surface area contributed by atoms with E-state index in [0.717, 1.165) is 11.1 Å². The van der Waals surface area contributed by atoms with Crippen molar-refractivity contribution in [2.75, 3.05) is 0 Å². The summed E-state index contributed by atoms with van der Waals surface area (Å²) in [5.74, 6) is -0.652. The lowest BCUT2D eigenvalue weighted by atomic mass is 9.79. The van der Waals surface area contributed by atoms with Crippen LogP contribution in [0.1, 0.15) is 37.0 Å². The average Bonchev–Trinajstić information content (AvgIpc) is 2.08. The number of carboxylic acids is 1. The SMILES string of the molecule is Cc1cc(C)c(O)c(C(C)(C)CC(=O)O)c1. The lowest BCUT2D eigenvalue weighted by molar-refractivity contribution is -0.138. The first-order valence-corrected chi connectivity index (χ1v) is 5.26. The molecule has 0 saturated heterocycles. The first kappa shape index (κ1) is 12.6. The highest BCUT2D eigenvalue weighted by atomic mass is 16.4. The summed E-state index contributed by atoms with van der Waals surface area (Å²) < 4.78 is 0. The lowest BCUT2D eigenvalue weighted by Crippen LogP contribution is -2.22. The summed E-state index contributed by atoms with van der Waals surface area (Å²) in [6.45, 7) is 7.42. The van der Waals surface area contributed by atoms with Crippen LogP contribution in [0, 0.1) is 13.8 Å². The van der Waals surface area contributed by atoms with E-state index < -0.39 is 11.4 Å². The van der Waals surface area contributed by atoms with Crippen molar-refractivity contribution in [1.29, 1.82) is 0 Å². The summed E-state index contributed by atoms with van der Waals surface area (Å²) >= 11 is 0. The van der Waals surface area contributed by atoms with E-state index in [9.17, 15) is 9.90 Å². The molecule has 0 aliphatic heterocycles. The average molecular weight is 222 g/mol. The fourth-order valence-electron chi connectivity index (χ4n) is 1.95. The van der Waals surface area contributed by atoms with E-state index in [1.54, 1.807) is 0 Å². The number of phenolic OH excluding ortho intramolecular Hbond substituents is 1. The van der Waals surface area contributed by atoms with Crippen LogP contribution in [0.3, 0.4) is 0 Å². The quantitative estimate of drug-likeness (QED) is 0.826. The van der Waals surface area contributed by atoms with Gasteiger partial charge in [-0.2, -0.15) is 0 Å². The highest BCUT2D eigenvalue weighted by molar-refractivity contribution is 5.69. The Kier molecular flexibility index (Phi) is 3.27. The molecule has 16 heavy (non-hydrogen) atoms. The smallest absolute Gasteiger partial charge is 0.304 e. The molecule has 0 aliphatic carbocycles. The van der Waals surface area contributed by atoms with Crippen molar-refractivity contribution in [3.8, 4) is 5.75 Å². The molecule has 3 nitrogen and oxygen atoms in total. The van der Waals surface area contributed by atoms with E-state index in [0.29, 0.717) is 5.56 Å². The van der Waals surface area contributed by atoms with Gasteiger partial charge in [-0.15, -0.1) is 0 Å². The predicted octanol–water partition coefficient (Wildman–Crippen LogP) is 2.76. The maximum atomic E-state index is 10.8. The summed E-state index contributed by atoms with van der Waals surface area (Å²) in [5.41, 5.74) is 1.96. The molecule has 2 N–H and O–H groups in total. The van der Waals surface area contributed by atoms with Crippen LogP contribution in [-0.2, 0) is 10.2 Å². The molecule has 0 atom stereocenters. The normalized spacial score (nSPS) is 11.5. The second-order valence-corrected chi connectivity index (χ2v) is 4.93. The molecule has 0 saturated carbocycles. The largest absolute Gasteiger partial charge is 0.507 e. The standard InChI is InChI=1S/C13H18O3/c1-8-5-9(2)12(16)10(6-8)13(3,4)7-11(14)15/h5-6,16H,7H2,1-4H3,(H,14,15). The molecule has 0 fully saturated rings. The van der Waals surface area contributed by atoms with Crippen molar-refractivity contribution in [3.63, 3.8) is 0 Å². The molecule has 0 amide bonds. The zero-order valence-corrected chi connectivity index (χ0v) is 10.2.